The molecule has 2 nitrogen and oxygen atoms in total. The van der Waals surface area contributed by atoms with Crippen LogP contribution in [0.3, 0.4) is 0 Å². The third kappa shape index (κ3) is 3.20. The third-order valence-electron chi connectivity index (χ3n) is 9.46. The molecule has 0 bridgehead atoms. The van der Waals surface area contributed by atoms with E-state index in [1.807, 2.05) is 0 Å². The fourth-order valence-corrected chi connectivity index (χ4v) is 7.17. The highest BCUT2D eigenvalue weighted by Crippen LogP contribution is 2.38. The monoisotopic (exact) mass is 472 g/mol. The van der Waals surface area contributed by atoms with E-state index in [1.54, 1.807) is 5.57 Å². The predicted octanol–water partition coefficient (Wildman–Crippen LogP) is 6.75. The lowest BCUT2D eigenvalue weighted by atomic mass is 9.79. The summed E-state index contributed by atoms with van der Waals surface area (Å²) in [5.74, 6) is 1.16. The Morgan fingerprint density at radius 1 is 0.833 bits per heavy atom. The Hall–Kier alpha value is -3.10. The average molecular weight is 473 g/mol. The van der Waals surface area contributed by atoms with Crippen molar-refractivity contribution in [3.8, 4) is 11.1 Å². The summed E-state index contributed by atoms with van der Waals surface area (Å²) < 4.78 is 0. The van der Waals surface area contributed by atoms with Crippen molar-refractivity contribution in [2.24, 2.45) is 11.8 Å². The summed E-state index contributed by atoms with van der Waals surface area (Å²) in [6.45, 7) is 9.22. The van der Waals surface area contributed by atoms with Crippen LogP contribution in [0.5, 0.6) is 0 Å². The topological polar surface area (TPSA) is 27.8 Å². The number of benzene rings is 3. The van der Waals surface area contributed by atoms with Crippen LogP contribution in [-0.4, -0.2) is 17.1 Å². The van der Waals surface area contributed by atoms with Crippen molar-refractivity contribution < 1.29 is 0 Å². The zero-order valence-corrected chi connectivity index (χ0v) is 21.9. The highest BCUT2D eigenvalue weighted by Gasteiger charge is 2.37. The smallest absolute Gasteiger partial charge is 0.0465 e. The van der Waals surface area contributed by atoms with E-state index in [1.165, 1.54) is 85.7 Å². The van der Waals surface area contributed by atoms with Crippen molar-refractivity contribution in [2.75, 3.05) is 0 Å². The standard InChI is InChI=1S/C34H36N2/c1-19-21(3)35-31-17-29-27(15-25(19)31)33(23-11-7-5-8-12-23)30-18-32-26(20(2)22(4)36-32)16-28(30)34(29)24-13-9-6-10-14-24/h5,7-8,11-13,15-18,20,22,26,32,35-36H,6,9-10,14H2,1-4H3. The second-order valence-electron chi connectivity index (χ2n) is 11.5. The van der Waals surface area contributed by atoms with Gasteiger partial charge in [-0.3, -0.25) is 0 Å². The number of aryl methyl sites for hydroxylation is 2. The minimum atomic E-state index is 0.399. The molecule has 1 fully saturated rings. The molecule has 36 heavy (non-hydrogen) atoms. The number of H-pyrrole nitrogens is 1. The Morgan fingerprint density at radius 3 is 2.39 bits per heavy atom. The molecule has 1 saturated heterocycles. The first-order chi connectivity index (χ1) is 17.5. The van der Waals surface area contributed by atoms with Gasteiger partial charge in [-0.1, -0.05) is 55.5 Å². The molecular weight excluding hydrogens is 436 g/mol. The number of hydrogen-bond acceptors (Lipinski definition) is 1. The minimum Gasteiger partial charge on any atom is -0.358 e. The Labute approximate surface area is 213 Å². The first-order valence-corrected chi connectivity index (χ1v) is 13.8. The molecule has 3 aromatic carbocycles. The quantitative estimate of drug-likeness (QED) is 0.332. The Kier molecular flexibility index (Phi) is 5.05. The van der Waals surface area contributed by atoms with Gasteiger partial charge in [-0.25, -0.2) is 0 Å². The number of fused-ring (bicyclic) bond motifs is 4. The van der Waals surface area contributed by atoms with Crippen LogP contribution in [0.2, 0.25) is 0 Å². The zero-order chi connectivity index (χ0) is 24.6. The van der Waals surface area contributed by atoms with Gasteiger partial charge >= 0.3 is 0 Å². The Bertz CT molecular complexity index is 1670. The molecule has 0 saturated carbocycles. The van der Waals surface area contributed by atoms with Crippen molar-refractivity contribution in [2.45, 2.75) is 65.5 Å². The van der Waals surface area contributed by atoms with Crippen LogP contribution in [0.4, 0.5) is 0 Å². The maximum atomic E-state index is 3.91. The summed E-state index contributed by atoms with van der Waals surface area (Å²) in [6.07, 6.45) is 12.7. The fourth-order valence-electron chi connectivity index (χ4n) is 7.17. The van der Waals surface area contributed by atoms with Crippen LogP contribution in [-0.2, 0) is 0 Å². The molecule has 4 unspecified atom stereocenters. The number of nitrogens with one attached hydrogen (secondary N) is 2. The maximum absolute atomic E-state index is 3.91. The van der Waals surface area contributed by atoms with Crippen LogP contribution in [0, 0.1) is 25.7 Å². The number of rotatable bonds is 2. The maximum Gasteiger partial charge on any atom is 0.0465 e. The van der Waals surface area contributed by atoms with Gasteiger partial charge in [0.05, 0.1) is 0 Å². The normalized spacial score (nSPS) is 25.3. The molecule has 7 rings (SSSR count). The molecule has 0 spiro atoms. The zero-order valence-electron chi connectivity index (χ0n) is 21.9. The van der Waals surface area contributed by atoms with Crippen LogP contribution in [0.1, 0.15) is 56.4 Å². The van der Waals surface area contributed by atoms with Gasteiger partial charge in [0.2, 0.25) is 0 Å². The summed E-state index contributed by atoms with van der Waals surface area (Å²) in [4.78, 5) is 3.69. The molecule has 3 aliphatic rings. The van der Waals surface area contributed by atoms with E-state index < -0.39 is 0 Å². The van der Waals surface area contributed by atoms with E-state index in [9.17, 15) is 0 Å². The predicted molar refractivity (Wildman–Crippen MR) is 154 cm³/mol. The van der Waals surface area contributed by atoms with E-state index in [0.717, 1.165) is 0 Å². The van der Waals surface area contributed by atoms with Gasteiger partial charge in [0.15, 0.2) is 0 Å². The minimum absolute atomic E-state index is 0.399. The third-order valence-corrected chi connectivity index (χ3v) is 9.46. The van der Waals surface area contributed by atoms with Crippen LogP contribution < -0.4 is 15.8 Å². The second-order valence-corrected chi connectivity index (χ2v) is 11.5. The van der Waals surface area contributed by atoms with Gasteiger partial charge in [0.1, 0.15) is 0 Å². The molecule has 2 heterocycles. The Balaban J connectivity index is 1.70. The van der Waals surface area contributed by atoms with Crippen molar-refractivity contribution in [1.29, 1.82) is 0 Å². The van der Waals surface area contributed by atoms with Crippen molar-refractivity contribution in [3.05, 3.63) is 75.8 Å². The molecule has 4 atom stereocenters. The van der Waals surface area contributed by atoms with E-state index in [4.69, 9.17) is 0 Å². The molecule has 1 aromatic heterocycles. The van der Waals surface area contributed by atoms with Crippen LogP contribution >= 0.6 is 0 Å². The SMILES string of the molecule is Cc1[nH]c2cc3c(C4=CCCCC4)c4c(c(-c5ccccc5)c3cc2c1C)=CC1NC(C)C(C)C1C=4. The van der Waals surface area contributed by atoms with Gasteiger partial charge in [-0.05, 0) is 114 Å². The molecule has 182 valence electrons. The fraction of sp³-hybridized carbons (Fsp3) is 0.353. The molecule has 0 amide bonds. The lowest BCUT2D eigenvalue weighted by molar-refractivity contribution is 0.475. The number of allylic oxidation sites excluding steroid dienone is 2. The highest BCUT2D eigenvalue weighted by atomic mass is 15.0. The molecule has 2 heteroatoms. The van der Waals surface area contributed by atoms with Crippen molar-refractivity contribution >= 4 is 39.4 Å². The lowest BCUT2D eigenvalue weighted by Gasteiger charge is -2.25. The number of aromatic amines is 1. The summed E-state index contributed by atoms with van der Waals surface area (Å²) in [5.41, 5.74) is 9.64. The summed E-state index contributed by atoms with van der Waals surface area (Å²) in [5, 5.41) is 10.9. The average Bonchev–Trinajstić information content (AvgIpc) is 3.34. The van der Waals surface area contributed by atoms with Gasteiger partial charge in [-0.2, -0.15) is 0 Å². The van der Waals surface area contributed by atoms with Crippen LogP contribution in [0.25, 0.3) is 50.5 Å². The lowest BCUT2D eigenvalue weighted by Crippen LogP contribution is -2.41. The van der Waals surface area contributed by atoms with E-state index in [-0.39, 0.29) is 0 Å². The first-order valence-electron chi connectivity index (χ1n) is 13.8. The first kappa shape index (κ1) is 22.1. The molecule has 1 aliphatic heterocycles. The van der Waals surface area contributed by atoms with Crippen molar-refractivity contribution in [3.63, 3.8) is 0 Å². The number of aromatic nitrogens is 1. The molecule has 0 radical (unpaired) electrons. The molecular formula is C34H36N2. The molecule has 2 aliphatic carbocycles. The molecule has 2 N–H and O–H groups in total. The Morgan fingerprint density at radius 2 is 1.61 bits per heavy atom. The van der Waals surface area contributed by atoms with Gasteiger partial charge in [0, 0.05) is 34.6 Å². The van der Waals surface area contributed by atoms with E-state index in [0.29, 0.717) is 23.9 Å². The van der Waals surface area contributed by atoms with Crippen LogP contribution in [0.15, 0.2) is 48.5 Å². The van der Waals surface area contributed by atoms with Crippen molar-refractivity contribution in [1.82, 2.24) is 10.3 Å². The second kappa shape index (κ2) is 8.21. The van der Waals surface area contributed by atoms with E-state index in [2.05, 4.69) is 98.7 Å². The van der Waals surface area contributed by atoms with Gasteiger partial charge in [0.25, 0.3) is 0 Å². The summed E-state index contributed by atoms with van der Waals surface area (Å²) in [6, 6.07) is 16.9. The van der Waals surface area contributed by atoms with Gasteiger partial charge < -0.3 is 10.3 Å². The highest BCUT2D eigenvalue weighted by molar-refractivity contribution is 6.10. The summed E-state index contributed by atoms with van der Waals surface area (Å²) in [7, 11) is 0. The largest absolute Gasteiger partial charge is 0.358 e. The van der Waals surface area contributed by atoms with E-state index >= 15 is 0 Å². The number of hydrogen-bond donors (Lipinski definition) is 2. The summed E-state index contributed by atoms with van der Waals surface area (Å²) >= 11 is 0. The molecule has 4 aromatic rings. The van der Waals surface area contributed by atoms with Gasteiger partial charge in [-0.15, -0.1) is 0 Å².